The number of carbonyl (C=O) groups is 2. The van der Waals surface area contributed by atoms with Gasteiger partial charge in [-0.15, -0.1) is 11.3 Å². The van der Waals surface area contributed by atoms with E-state index < -0.39 is 5.97 Å². The van der Waals surface area contributed by atoms with E-state index in [1.165, 1.54) is 11.3 Å². The van der Waals surface area contributed by atoms with Gasteiger partial charge in [0.25, 0.3) is 0 Å². The highest BCUT2D eigenvalue weighted by atomic mass is 32.1. The van der Waals surface area contributed by atoms with Gasteiger partial charge >= 0.3 is 5.97 Å². The van der Waals surface area contributed by atoms with E-state index in [1.54, 1.807) is 6.92 Å². The molecule has 0 radical (unpaired) electrons. The Bertz CT molecular complexity index is 495. The molecule has 112 valence electrons. The standard InChI is InChI=1S/C14H22N2O3S/c1-5-7-16-13-9(14(18)19-6-2)10(15)12(20-13)11(17)8(3)4/h8,16H,5-7,15H2,1-4H3. The van der Waals surface area contributed by atoms with Crippen LogP contribution in [0.25, 0.3) is 0 Å². The van der Waals surface area contributed by atoms with Gasteiger partial charge in [0.05, 0.1) is 17.2 Å². The van der Waals surface area contributed by atoms with Crippen molar-refractivity contribution in [2.45, 2.75) is 34.1 Å². The molecule has 5 nitrogen and oxygen atoms in total. The summed E-state index contributed by atoms with van der Waals surface area (Å²) in [6.07, 6.45) is 0.910. The molecular weight excluding hydrogens is 276 g/mol. The summed E-state index contributed by atoms with van der Waals surface area (Å²) in [7, 11) is 0. The molecule has 0 aliphatic heterocycles. The number of anilines is 2. The van der Waals surface area contributed by atoms with Crippen molar-refractivity contribution in [3.05, 3.63) is 10.4 Å². The molecule has 20 heavy (non-hydrogen) atoms. The van der Waals surface area contributed by atoms with Crippen LogP contribution in [-0.2, 0) is 4.74 Å². The Labute approximate surface area is 123 Å². The summed E-state index contributed by atoms with van der Waals surface area (Å²) in [5.74, 6) is -0.699. The average molecular weight is 298 g/mol. The Morgan fingerprint density at radius 3 is 2.50 bits per heavy atom. The minimum atomic E-state index is -0.484. The number of ketones is 1. The first-order chi connectivity index (χ1) is 9.43. The van der Waals surface area contributed by atoms with Gasteiger partial charge in [0.1, 0.15) is 10.6 Å². The molecule has 0 saturated carbocycles. The van der Waals surface area contributed by atoms with Gasteiger partial charge in [-0.25, -0.2) is 4.79 Å². The first-order valence-corrected chi connectivity index (χ1v) is 7.63. The topological polar surface area (TPSA) is 81.4 Å². The van der Waals surface area contributed by atoms with Crippen LogP contribution in [0, 0.1) is 5.92 Å². The zero-order valence-corrected chi connectivity index (χ0v) is 13.2. The molecule has 0 aromatic carbocycles. The second kappa shape index (κ2) is 7.28. The fraction of sp³-hybridized carbons (Fsp3) is 0.571. The van der Waals surface area contributed by atoms with Crippen LogP contribution in [0.15, 0.2) is 0 Å². The van der Waals surface area contributed by atoms with Crippen molar-refractivity contribution < 1.29 is 14.3 Å². The molecule has 3 N–H and O–H groups in total. The lowest BCUT2D eigenvalue weighted by Gasteiger charge is -2.06. The van der Waals surface area contributed by atoms with Gasteiger partial charge < -0.3 is 15.8 Å². The van der Waals surface area contributed by atoms with Crippen LogP contribution in [0.4, 0.5) is 10.7 Å². The molecular formula is C14H22N2O3S. The Kier molecular flexibility index (Phi) is 6.01. The van der Waals surface area contributed by atoms with E-state index in [2.05, 4.69) is 5.32 Å². The number of rotatable bonds is 7. The molecule has 6 heteroatoms. The largest absolute Gasteiger partial charge is 0.462 e. The Morgan fingerprint density at radius 2 is 2.00 bits per heavy atom. The number of hydrogen-bond acceptors (Lipinski definition) is 6. The van der Waals surface area contributed by atoms with Crippen molar-refractivity contribution in [2.24, 2.45) is 5.92 Å². The highest BCUT2D eigenvalue weighted by molar-refractivity contribution is 7.19. The molecule has 0 aliphatic carbocycles. The van der Waals surface area contributed by atoms with E-state index in [1.807, 2.05) is 20.8 Å². The minimum Gasteiger partial charge on any atom is -0.462 e. The molecule has 1 aromatic heterocycles. The molecule has 0 unspecified atom stereocenters. The number of esters is 1. The molecule has 0 spiro atoms. The predicted octanol–water partition coefficient (Wildman–Crippen LogP) is 3.17. The fourth-order valence-corrected chi connectivity index (χ4v) is 2.88. The van der Waals surface area contributed by atoms with Gasteiger partial charge in [-0.2, -0.15) is 0 Å². The number of carbonyl (C=O) groups excluding carboxylic acids is 2. The molecule has 1 rings (SSSR count). The molecule has 1 aromatic rings. The Hall–Kier alpha value is -1.56. The van der Waals surface area contributed by atoms with Crippen LogP contribution in [0.2, 0.25) is 0 Å². The van der Waals surface area contributed by atoms with Crippen LogP contribution in [0.1, 0.15) is 54.1 Å². The maximum Gasteiger partial charge on any atom is 0.343 e. The zero-order chi connectivity index (χ0) is 15.3. The third-order valence-electron chi connectivity index (χ3n) is 2.71. The van der Waals surface area contributed by atoms with Crippen LogP contribution in [-0.4, -0.2) is 24.9 Å². The number of thiophene rings is 1. The first kappa shape index (κ1) is 16.5. The summed E-state index contributed by atoms with van der Waals surface area (Å²) in [6.45, 7) is 8.36. The second-order valence-electron chi connectivity index (χ2n) is 4.72. The molecule has 0 amide bonds. The highest BCUT2D eigenvalue weighted by Crippen LogP contribution is 2.37. The average Bonchev–Trinajstić information content (AvgIpc) is 2.72. The molecule has 1 heterocycles. The van der Waals surface area contributed by atoms with Crippen molar-refractivity contribution in [3.63, 3.8) is 0 Å². The number of nitrogens with two attached hydrogens (primary N) is 1. The monoisotopic (exact) mass is 298 g/mol. The van der Waals surface area contributed by atoms with Gasteiger partial charge in [0, 0.05) is 12.5 Å². The summed E-state index contributed by atoms with van der Waals surface area (Å²) in [4.78, 5) is 24.6. The molecule has 0 aliphatic rings. The Morgan fingerprint density at radius 1 is 1.35 bits per heavy atom. The summed E-state index contributed by atoms with van der Waals surface area (Å²) in [5.41, 5.74) is 6.51. The van der Waals surface area contributed by atoms with Crippen molar-refractivity contribution >= 4 is 33.8 Å². The van der Waals surface area contributed by atoms with Gasteiger partial charge in [0.15, 0.2) is 5.78 Å². The molecule has 0 saturated heterocycles. The SMILES string of the molecule is CCCNc1sc(C(=O)C(C)C)c(N)c1C(=O)OCC. The van der Waals surface area contributed by atoms with E-state index in [-0.39, 0.29) is 29.6 Å². The summed E-state index contributed by atoms with van der Waals surface area (Å²) >= 11 is 1.23. The number of Topliss-reactive ketones (excluding diaryl/α,β-unsaturated/α-hetero) is 1. The van der Waals surface area contributed by atoms with Gasteiger partial charge in [0.2, 0.25) is 0 Å². The maximum absolute atomic E-state index is 12.1. The van der Waals surface area contributed by atoms with Crippen LogP contribution in [0.3, 0.4) is 0 Å². The van der Waals surface area contributed by atoms with Crippen LogP contribution >= 0.6 is 11.3 Å². The van der Waals surface area contributed by atoms with E-state index in [0.29, 0.717) is 16.4 Å². The highest BCUT2D eigenvalue weighted by Gasteiger charge is 2.27. The van der Waals surface area contributed by atoms with Gasteiger partial charge in [-0.3, -0.25) is 4.79 Å². The molecule has 0 atom stereocenters. The second-order valence-corrected chi connectivity index (χ2v) is 5.74. The first-order valence-electron chi connectivity index (χ1n) is 6.81. The van der Waals surface area contributed by atoms with Crippen molar-refractivity contribution in [1.29, 1.82) is 0 Å². The maximum atomic E-state index is 12.1. The zero-order valence-electron chi connectivity index (χ0n) is 12.4. The number of ether oxygens (including phenoxy) is 1. The van der Waals surface area contributed by atoms with Gasteiger partial charge in [-0.1, -0.05) is 20.8 Å². The lowest BCUT2D eigenvalue weighted by molar-refractivity contribution is 0.0529. The Balaban J connectivity index is 3.23. The lowest BCUT2D eigenvalue weighted by Crippen LogP contribution is -2.12. The van der Waals surface area contributed by atoms with Gasteiger partial charge in [-0.05, 0) is 13.3 Å². The van der Waals surface area contributed by atoms with Crippen LogP contribution in [0.5, 0.6) is 0 Å². The van der Waals surface area contributed by atoms with E-state index in [9.17, 15) is 9.59 Å². The normalized spacial score (nSPS) is 10.7. The van der Waals surface area contributed by atoms with E-state index in [0.717, 1.165) is 6.42 Å². The number of hydrogen-bond donors (Lipinski definition) is 2. The molecule has 0 bridgehead atoms. The fourth-order valence-electron chi connectivity index (χ4n) is 1.66. The van der Waals surface area contributed by atoms with E-state index >= 15 is 0 Å². The quantitative estimate of drug-likeness (QED) is 0.597. The van der Waals surface area contributed by atoms with E-state index in [4.69, 9.17) is 10.5 Å². The van der Waals surface area contributed by atoms with Crippen molar-refractivity contribution in [1.82, 2.24) is 0 Å². The summed E-state index contributed by atoms with van der Waals surface area (Å²) < 4.78 is 5.02. The smallest absolute Gasteiger partial charge is 0.343 e. The number of nitrogens with one attached hydrogen (secondary N) is 1. The number of nitrogen functional groups attached to an aromatic ring is 1. The third-order valence-corrected chi connectivity index (χ3v) is 3.89. The minimum absolute atomic E-state index is 0.0532. The summed E-state index contributed by atoms with van der Waals surface area (Å²) in [6, 6.07) is 0. The van der Waals surface area contributed by atoms with Crippen molar-refractivity contribution in [3.8, 4) is 0 Å². The van der Waals surface area contributed by atoms with Crippen molar-refractivity contribution in [2.75, 3.05) is 24.2 Å². The molecule has 0 fully saturated rings. The van der Waals surface area contributed by atoms with Crippen LogP contribution < -0.4 is 11.1 Å². The third kappa shape index (κ3) is 3.50. The summed E-state index contributed by atoms with van der Waals surface area (Å²) in [5, 5.41) is 3.76. The predicted molar refractivity (Wildman–Crippen MR) is 82.6 cm³/mol. The lowest BCUT2D eigenvalue weighted by atomic mass is 10.1.